The number of sulfonamides is 1. The monoisotopic (exact) mass is 350 g/mol. The molecule has 0 saturated heterocycles. The molecule has 1 heterocycles. The van der Waals surface area contributed by atoms with E-state index in [1.807, 2.05) is 10.8 Å². The first-order chi connectivity index (χ1) is 11.5. The van der Waals surface area contributed by atoms with Gasteiger partial charge in [0.05, 0.1) is 11.2 Å². The molecule has 130 valence electrons. The Morgan fingerprint density at radius 2 is 2.08 bits per heavy atom. The van der Waals surface area contributed by atoms with Crippen molar-refractivity contribution in [2.45, 2.75) is 37.6 Å². The Morgan fingerprint density at radius 3 is 2.79 bits per heavy atom. The summed E-state index contributed by atoms with van der Waals surface area (Å²) in [5.74, 6) is -0.240. The number of hydrogen-bond acceptors (Lipinski definition) is 4. The molecule has 0 bridgehead atoms. The first-order valence-electron chi connectivity index (χ1n) is 7.80. The predicted molar refractivity (Wildman–Crippen MR) is 92.0 cm³/mol. The van der Waals surface area contributed by atoms with E-state index in [0.29, 0.717) is 12.2 Å². The van der Waals surface area contributed by atoms with Crippen molar-refractivity contribution in [3.05, 3.63) is 43.0 Å². The molecule has 0 atom stereocenters. The van der Waals surface area contributed by atoms with Gasteiger partial charge in [0.2, 0.25) is 15.9 Å². The Kier molecular flexibility index (Phi) is 6.51. The molecule has 2 rings (SSSR count). The summed E-state index contributed by atoms with van der Waals surface area (Å²) < 4.78 is 29.1. The molecule has 2 aromatic rings. The average molecular weight is 350 g/mol. The Labute approximate surface area is 142 Å². The third-order valence-electron chi connectivity index (χ3n) is 3.41. The molecule has 0 radical (unpaired) electrons. The number of benzene rings is 1. The number of nitrogens with zero attached hydrogens (tertiary/aromatic N) is 2. The van der Waals surface area contributed by atoms with Crippen LogP contribution in [0.2, 0.25) is 0 Å². The van der Waals surface area contributed by atoms with Crippen molar-refractivity contribution in [1.29, 1.82) is 0 Å². The number of anilines is 1. The highest BCUT2D eigenvalue weighted by molar-refractivity contribution is 7.89. The summed E-state index contributed by atoms with van der Waals surface area (Å²) in [7, 11) is -3.57. The lowest BCUT2D eigenvalue weighted by Crippen LogP contribution is -2.25. The maximum Gasteiger partial charge on any atom is 0.240 e. The second-order valence-corrected chi connectivity index (χ2v) is 7.23. The summed E-state index contributed by atoms with van der Waals surface area (Å²) in [6.07, 6.45) is 8.07. The van der Waals surface area contributed by atoms with Crippen LogP contribution in [-0.2, 0) is 21.4 Å². The molecule has 7 nitrogen and oxygen atoms in total. The van der Waals surface area contributed by atoms with Gasteiger partial charge in [0.1, 0.15) is 0 Å². The van der Waals surface area contributed by atoms with Crippen LogP contribution in [0, 0.1) is 0 Å². The summed E-state index contributed by atoms with van der Waals surface area (Å²) in [6, 6.07) is 6.21. The van der Waals surface area contributed by atoms with Crippen LogP contribution in [0.1, 0.15) is 26.2 Å². The molecule has 0 fully saturated rings. The fraction of sp³-hybridized carbons (Fsp3) is 0.375. The summed E-state index contributed by atoms with van der Waals surface area (Å²) in [6.45, 7) is 2.64. The zero-order valence-electron chi connectivity index (χ0n) is 13.6. The first-order valence-corrected chi connectivity index (χ1v) is 9.29. The molecule has 1 amide bonds. The molecule has 0 aliphatic carbocycles. The summed E-state index contributed by atoms with van der Waals surface area (Å²) in [5, 5.41) is 2.58. The van der Waals surface area contributed by atoms with E-state index < -0.39 is 10.0 Å². The predicted octanol–water partition coefficient (Wildman–Crippen LogP) is 1.99. The molecular formula is C16H22N4O3S. The largest absolute Gasteiger partial charge is 0.337 e. The van der Waals surface area contributed by atoms with E-state index in [9.17, 15) is 13.2 Å². The molecule has 1 aromatic carbocycles. The van der Waals surface area contributed by atoms with E-state index in [2.05, 4.69) is 15.0 Å². The SMILES string of the molecule is CC(=O)Nc1cccc(S(=O)(=O)NCCCCCn2ccnc2)c1. The molecule has 1 aromatic heterocycles. The lowest BCUT2D eigenvalue weighted by Gasteiger charge is -2.09. The van der Waals surface area contributed by atoms with E-state index in [4.69, 9.17) is 0 Å². The van der Waals surface area contributed by atoms with Crippen LogP contribution in [0.4, 0.5) is 5.69 Å². The molecule has 2 N–H and O–H groups in total. The van der Waals surface area contributed by atoms with Gasteiger partial charge in [-0.25, -0.2) is 18.1 Å². The van der Waals surface area contributed by atoms with Crippen molar-refractivity contribution in [2.75, 3.05) is 11.9 Å². The molecule has 0 aliphatic heterocycles. The van der Waals surface area contributed by atoms with Crippen molar-refractivity contribution in [3.63, 3.8) is 0 Å². The highest BCUT2D eigenvalue weighted by atomic mass is 32.2. The highest BCUT2D eigenvalue weighted by Crippen LogP contribution is 2.15. The standard InChI is InChI=1S/C16H22N4O3S/c1-14(21)19-15-6-5-7-16(12-15)24(22,23)18-8-3-2-4-10-20-11-9-17-13-20/h5-7,9,11-13,18H,2-4,8,10H2,1H3,(H,19,21). The van der Waals surface area contributed by atoms with Gasteiger partial charge in [-0.1, -0.05) is 12.5 Å². The van der Waals surface area contributed by atoms with Gasteiger partial charge in [-0.3, -0.25) is 4.79 Å². The smallest absolute Gasteiger partial charge is 0.240 e. The lowest BCUT2D eigenvalue weighted by molar-refractivity contribution is -0.114. The number of carbonyl (C=O) groups is 1. The topological polar surface area (TPSA) is 93.1 Å². The summed E-state index contributed by atoms with van der Waals surface area (Å²) in [5.41, 5.74) is 0.464. The molecular weight excluding hydrogens is 328 g/mol. The Balaban J connectivity index is 1.77. The molecule has 8 heteroatoms. The number of rotatable bonds is 9. The number of aryl methyl sites for hydroxylation is 1. The lowest BCUT2D eigenvalue weighted by atomic mass is 10.2. The van der Waals surface area contributed by atoms with Crippen molar-refractivity contribution < 1.29 is 13.2 Å². The third-order valence-corrected chi connectivity index (χ3v) is 4.87. The van der Waals surface area contributed by atoms with Crippen LogP contribution in [0.5, 0.6) is 0 Å². The fourth-order valence-electron chi connectivity index (χ4n) is 2.25. The minimum absolute atomic E-state index is 0.146. The number of nitrogens with one attached hydrogen (secondary N) is 2. The van der Waals surface area contributed by atoms with E-state index in [0.717, 1.165) is 25.8 Å². The number of imidazole rings is 1. The van der Waals surface area contributed by atoms with Crippen LogP contribution in [0.25, 0.3) is 0 Å². The maximum atomic E-state index is 12.3. The van der Waals surface area contributed by atoms with Crippen molar-refractivity contribution >= 4 is 21.6 Å². The quantitative estimate of drug-likeness (QED) is 0.676. The van der Waals surface area contributed by atoms with Crippen LogP contribution in [0.15, 0.2) is 47.9 Å². The minimum atomic E-state index is -3.57. The van der Waals surface area contributed by atoms with Gasteiger partial charge in [-0.05, 0) is 31.0 Å². The Bertz CT molecular complexity index is 757. The minimum Gasteiger partial charge on any atom is -0.337 e. The summed E-state index contributed by atoms with van der Waals surface area (Å²) in [4.78, 5) is 15.2. The molecule has 0 unspecified atom stereocenters. The zero-order valence-corrected chi connectivity index (χ0v) is 14.4. The van der Waals surface area contributed by atoms with Crippen molar-refractivity contribution in [1.82, 2.24) is 14.3 Å². The Hall–Kier alpha value is -2.19. The van der Waals surface area contributed by atoms with Gasteiger partial charge < -0.3 is 9.88 Å². The maximum absolute atomic E-state index is 12.3. The number of amides is 1. The molecule has 24 heavy (non-hydrogen) atoms. The van der Waals surface area contributed by atoms with Crippen LogP contribution < -0.4 is 10.0 Å². The normalized spacial score (nSPS) is 11.4. The number of aromatic nitrogens is 2. The zero-order chi connectivity index (χ0) is 17.4. The van der Waals surface area contributed by atoms with Gasteiger partial charge >= 0.3 is 0 Å². The van der Waals surface area contributed by atoms with Crippen molar-refractivity contribution in [3.8, 4) is 0 Å². The van der Waals surface area contributed by atoms with Gasteiger partial charge in [0.25, 0.3) is 0 Å². The molecule has 0 saturated carbocycles. The fourth-order valence-corrected chi connectivity index (χ4v) is 3.37. The van der Waals surface area contributed by atoms with E-state index in [-0.39, 0.29) is 10.8 Å². The van der Waals surface area contributed by atoms with Crippen molar-refractivity contribution in [2.24, 2.45) is 0 Å². The highest BCUT2D eigenvalue weighted by Gasteiger charge is 2.13. The summed E-state index contributed by atoms with van der Waals surface area (Å²) >= 11 is 0. The average Bonchev–Trinajstić information content (AvgIpc) is 3.03. The van der Waals surface area contributed by atoms with Gasteiger partial charge in [-0.15, -0.1) is 0 Å². The van der Waals surface area contributed by atoms with Gasteiger partial charge in [0, 0.05) is 38.1 Å². The first kappa shape index (κ1) is 18.2. The van der Waals surface area contributed by atoms with Crippen LogP contribution in [-0.4, -0.2) is 30.4 Å². The molecule has 0 aliphatic rings. The van der Waals surface area contributed by atoms with Crippen LogP contribution in [0.3, 0.4) is 0 Å². The van der Waals surface area contributed by atoms with Gasteiger partial charge in [0.15, 0.2) is 0 Å². The number of unbranched alkanes of at least 4 members (excludes halogenated alkanes) is 2. The van der Waals surface area contributed by atoms with E-state index >= 15 is 0 Å². The third kappa shape index (κ3) is 5.78. The second-order valence-electron chi connectivity index (χ2n) is 5.47. The second kappa shape index (κ2) is 8.60. The van der Waals surface area contributed by atoms with E-state index in [1.165, 1.54) is 19.1 Å². The van der Waals surface area contributed by atoms with Gasteiger partial charge in [-0.2, -0.15) is 0 Å². The molecule has 0 spiro atoms. The Morgan fingerprint density at radius 1 is 1.25 bits per heavy atom. The number of carbonyl (C=O) groups excluding carboxylic acids is 1. The van der Waals surface area contributed by atoms with E-state index in [1.54, 1.807) is 24.7 Å². The number of hydrogen-bond donors (Lipinski definition) is 2. The van der Waals surface area contributed by atoms with Crippen LogP contribution >= 0.6 is 0 Å².